The van der Waals surface area contributed by atoms with Gasteiger partial charge in [0.2, 0.25) is 0 Å². The van der Waals surface area contributed by atoms with Crippen molar-refractivity contribution in [1.82, 2.24) is 5.32 Å². The predicted molar refractivity (Wildman–Crippen MR) is 70.6 cm³/mol. The Balaban J connectivity index is 2.47. The molecule has 2 N–H and O–H groups in total. The van der Waals surface area contributed by atoms with Crippen LogP contribution in [0, 0.1) is 10.1 Å². The maximum Gasteiger partial charge on any atom is 0.269 e. The van der Waals surface area contributed by atoms with E-state index >= 15 is 0 Å². The molecule has 0 heterocycles. The van der Waals surface area contributed by atoms with E-state index in [-0.39, 0.29) is 11.2 Å². The second-order valence-electron chi connectivity index (χ2n) is 5.00. The summed E-state index contributed by atoms with van der Waals surface area (Å²) >= 11 is 0. The fourth-order valence-corrected chi connectivity index (χ4v) is 1.46. The Labute approximate surface area is 107 Å². The molecule has 5 nitrogen and oxygen atoms in total. The molecule has 0 aliphatic heterocycles. The van der Waals surface area contributed by atoms with Crippen molar-refractivity contribution >= 4 is 5.69 Å². The van der Waals surface area contributed by atoms with Gasteiger partial charge in [-0.05, 0) is 39.3 Å². The zero-order chi connectivity index (χ0) is 13.8. The first kappa shape index (κ1) is 14.6. The molecule has 18 heavy (non-hydrogen) atoms. The number of nitrogens with one attached hydrogen (secondary N) is 1. The van der Waals surface area contributed by atoms with E-state index in [0.717, 1.165) is 18.5 Å². The van der Waals surface area contributed by atoms with E-state index < -0.39 is 11.0 Å². The Hall–Kier alpha value is -1.46. The third kappa shape index (κ3) is 4.09. The van der Waals surface area contributed by atoms with Crippen LogP contribution in [0.2, 0.25) is 0 Å². The average Bonchev–Trinajstić information content (AvgIpc) is 2.29. The third-order valence-corrected chi connectivity index (χ3v) is 3.19. The van der Waals surface area contributed by atoms with Crippen LogP contribution < -0.4 is 5.32 Å². The first-order chi connectivity index (χ1) is 8.33. The molecular formula is C13H20N2O3. The van der Waals surface area contributed by atoms with Crippen LogP contribution in [0.1, 0.15) is 26.3 Å². The van der Waals surface area contributed by atoms with Crippen LogP contribution in [0.15, 0.2) is 24.3 Å². The van der Waals surface area contributed by atoms with Crippen LogP contribution in [0.25, 0.3) is 0 Å². The van der Waals surface area contributed by atoms with Crippen LogP contribution in [-0.4, -0.2) is 28.2 Å². The molecule has 100 valence electrons. The molecule has 1 aromatic rings. The highest BCUT2D eigenvalue weighted by Crippen LogP contribution is 2.13. The van der Waals surface area contributed by atoms with E-state index in [4.69, 9.17) is 0 Å². The number of nitrogens with zero attached hydrogens (tertiary/aromatic N) is 1. The molecule has 0 spiro atoms. The Bertz CT molecular complexity index is 399. The summed E-state index contributed by atoms with van der Waals surface area (Å²) in [5.74, 6) is 0. The molecule has 1 rings (SSSR count). The Morgan fingerprint density at radius 2 is 1.94 bits per heavy atom. The number of rotatable bonds is 6. The normalized spacial score (nSPS) is 13.3. The van der Waals surface area contributed by atoms with E-state index in [9.17, 15) is 15.2 Å². The standard InChI is InChI=1S/C13H20N2O3/c1-10(16)13(2,3)14-9-8-11-4-6-12(7-5-11)15(17)18/h4-7,10,14,16H,8-9H2,1-3H3. The van der Waals surface area contributed by atoms with Crippen molar-refractivity contribution in [2.24, 2.45) is 0 Å². The molecule has 1 unspecified atom stereocenters. The van der Waals surface area contributed by atoms with E-state index in [2.05, 4.69) is 5.32 Å². The lowest BCUT2D eigenvalue weighted by molar-refractivity contribution is -0.384. The molecule has 0 fully saturated rings. The van der Waals surface area contributed by atoms with Gasteiger partial charge in [0, 0.05) is 17.7 Å². The molecule has 0 radical (unpaired) electrons. The van der Waals surface area contributed by atoms with Crippen molar-refractivity contribution in [2.45, 2.75) is 38.8 Å². The smallest absolute Gasteiger partial charge is 0.269 e. The number of non-ortho nitro benzene ring substituents is 1. The number of hydrogen-bond donors (Lipinski definition) is 2. The minimum atomic E-state index is -0.436. The molecule has 5 heteroatoms. The zero-order valence-corrected chi connectivity index (χ0v) is 11.0. The van der Waals surface area contributed by atoms with Crippen molar-refractivity contribution in [3.8, 4) is 0 Å². The Morgan fingerprint density at radius 1 is 1.39 bits per heavy atom. The van der Waals surface area contributed by atoms with Gasteiger partial charge in [0.05, 0.1) is 11.0 Å². The number of nitro benzene ring substituents is 1. The number of benzene rings is 1. The SMILES string of the molecule is CC(O)C(C)(C)NCCc1ccc([N+](=O)[O-])cc1. The summed E-state index contributed by atoms with van der Waals surface area (Å²) in [6.07, 6.45) is 0.336. The summed E-state index contributed by atoms with van der Waals surface area (Å²) in [5, 5.41) is 23.3. The fraction of sp³-hybridized carbons (Fsp3) is 0.538. The molecule has 0 saturated carbocycles. The summed E-state index contributed by atoms with van der Waals surface area (Å²) in [5.41, 5.74) is 0.811. The highest BCUT2D eigenvalue weighted by molar-refractivity contribution is 5.32. The molecule has 1 atom stereocenters. The van der Waals surface area contributed by atoms with Gasteiger partial charge in [-0.2, -0.15) is 0 Å². The molecule has 0 aromatic heterocycles. The number of hydrogen-bond acceptors (Lipinski definition) is 4. The summed E-state index contributed by atoms with van der Waals surface area (Å²) in [7, 11) is 0. The minimum absolute atomic E-state index is 0.107. The zero-order valence-electron chi connectivity index (χ0n) is 11.0. The summed E-state index contributed by atoms with van der Waals surface area (Å²) < 4.78 is 0. The quantitative estimate of drug-likeness (QED) is 0.599. The van der Waals surface area contributed by atoms with E-state index in [1.165, 1.54) is 12.1 Å². The van der Waals surface area contributed by atoms with Crippen molar-refractivity contribution < 1.29 is 10.0 Å². The van der Waals surface area contributed by atoms with Gasteiger partial charge in [0.1, 0.15) is 0 Å². The molecule has 0 aliphatic rings. The van der Waals surface area contributed by atoms with Gasteiger partial charge in [-0.1, -0.05) is 12.1 Å². The van der Waals surface area contributed by atoms with Gasteiger partial charge < -0.3 is 10.4 Å². The number of aliphatic hydroxyl groups excluding tert-OH is 1. The first-order valence-corrected chi connectivity index (χ1v) is 5.99. The summed E-state index contributed by atoms with van der Waals surface area (Å²) in [6.45, 7) is 6.34. The lowest BCUT2D eigenvalue weighted by Gasteiger charge is -2.29. The molecule has 0 amide bonds. The number of nitro groups is 1. The van der Waals surface area contributed by atoms with Crippen LogP contribution in [-0.2, 0) is 6.42 Å². The Morgan fingerprint density at radius 3 is 2.39 bits per heavy atom. The molecule has 0 bridgehead atoms. The van der Waals surface area contributed by atoms with Crippen molar-refractivity contribution in [3.63, 3.8) is 0 Å². The van der Waals surface area contributed by atoms with Gasteiger partial charge in [-0.3, -0.25) is 10.1 Å². The minimum Gasteiger partial charge on any atom is -0.392 e. The fourth-order valence-electron chi connectivity index (χ4n) is 1.46. The summed E-state index contributed by atoms with van der Waals surface area (Å²) in [4.78, 5) is 10.1. The van der Waals surface area contributed by atoms with Crippen LogP contribution in [0.5, 0.6) is 0 Å². The lowest BCUT2D eigenvalue weighted by Crippen LogP contribution is -2.48. The highest BCUT2D eigenvalue weighted by Gasteiger charge is 2.22. The Kier molecular flexibility index (Phi) is 4.81. The van der Waals surface area contributed by atoms with E-state index in [0.29, 0.717) is 0 Å². The first-order valence-electron chi connectivity index (χ1n) is 5.99. The van der Waals surface area contributed by atoms with E-state index in [1.807, 2.05) is 13.8 Å². The number of aliphatic hydroxyl groups is 1. The van der Waals surface area contributed by atoms with Gasteiger partial charge >= 0.3 is 0 Å². The predicted octanol–water partition coefficient (Wildman–Crippen LogP) is 1.89. The molecule has 0 aliphatic carbocycles. The maximum atomic E-state index is 10.5. The van der Waals surface area contributed by atoms with Gasteiger partial charge in [0.15, 0.2) is 0 Å². The second-order valence-corrected chi connectivity index (χ2v) is 5.00. The van der Waals surface area contributed by atoms with Crippen molar-refractivity contribution in [2.75, 3.05) is 6.54 Å². The van der Waals surface area contributed by atoms with Gasteiger partial charge in [-0.15, -0.1) is 0 Å². The van der Waals surface area contributed by atoms with Crippen molar-refractivity contribution in [1.29, 1.82) is 0 Å². The maximum absolute atomic E-state index is 10.5. The molecule has 1 aromatic carbocycles. The highest BCUT2D eigenvalue weighted by atomic mass is 16.6. The monoisotopic (exact) mass is 252 g/mol. The third-order valence-electron chi connectivity index (χ3n) is 3.19. The van der Waals surface area contributed by atoms with Crippen molar-refractivity contribution in [3.05, 3.63) is 39.9 Å². The topological polar surface area (TPSA) is 75.4 Å². The molecule has 0 saturated heterocycles. The average molecular weight is 252 g/mol. The summed E-state index contributed by atoms with van der Waals surface area (Å²) in [6, 6.07) is 6.54. The van der Waals surface area contributed by atoms with Gasteiger partial charge in [-0.25, -0.2) is 0 Å². The van der Waals surface area contributed by atoms with Gasteiger partial charge in [0.25, 0.3) is 5.69 Å². The van der Waals surface area contributed by atoms with Crippen LogP contribution in [0.4, 0.5) is 5.69 Å². The van der Waals surface area contributed by atoms with Crippen LogP contribution >= 0.6 is 0 Å². The van der Waals surface area contributed by atoms with E-state index in [1.54, 1.807) is 19.1 Å². The second kappa shape index (κ2) is 5.93. The largest absolute Gasteiger partial charge is 0.392 e. The van der Waals surface area contributed by atoms with Crippen LogP contribution in [0.3, 0.4) is 0 Å². The molecular weight excluding hydrogens is 232 g/mol. The lowest BCUT2D eigenvalue weighted by atomic mass is 9.98.